The summed E-state index contributed by atoms with van der Waals surface area (Å²) in [6.45, 7) is 0. The van der Waals surface area contributed by atoms with Crippen LogP contribution in [0, 0.1) is 17.8 Å². The van der Waals surface area contributed by atoms with Crippen LogP contribution in [0.4, 0.5) is 34.3 Å². The fourth-order valence-electron chi connectivity index (χ4n) is 12.8. The highest BCUT2D eigenvalue weighted by atomic mass is 15.3. The van der Waals surface area contributed by atoms with Gasteiger partial charge in [0, 0.05) is 45.8 Å². The number of hydrogen-bond acceptors (Lipinski definition) is 2. The van der Waals surface area contributed by atoms with E-state index in [-0.39, 0.29) is 0 Å². The fraction of sp³-hybridized carbons (Fsp3) is 0.186. The molecule has 0 atom stereocenters. The second-order valence-electron chi connectivity index (χ2n) is 18.8. The van der Waals surface area contributed by atoms with Crippen molar-refractivity contribution in [3.63, 3.8) is 0 Å². The van der Waals surface area contributed by atoms with Gasteiger partial charge in [0.1, 0.15) is 5.82 Å². The maximum absolute atomic E-state index is 2.50. The lowest BCUT2D eigenvalue weighted by atomic mass is 9.48. The molecule has 0 saturated heterocycles. The molecule has 300 valence electrons. The van der Waals surface area contributed by atoms with Gasteiger partial charge in [-0.15, -0.1) is 0 Å². The number of hydrogen-bond donors (Lipinski definition) is 0. The molecule has 0 unspecified atom stereocenters. The van der Waals surface area contributed by atoms with Gasteiger partial charge in [-0.2, -0.15) is 0 Å². The quantitative estimate of drug-likeness (QED) is 0.159. The zero-order valence-electron chi connectivity index (χ0n) is 35.0. The highest BCUT2D eigenvalue weighted by Gasteiger charge is 2.51. The van der Waals surface area contributed by atoms with Crippen LogP contribution in [0.5, 0.6) is 0 Å². The summed E-state index contributed by atoms with van der Waals surface area (Å²) >= 11 is 0. The van der Waals surface area contributed by atoms with Crippen LogP contribution in [0.2, 0.25) is 0 Å². The van der Waals surface area contributed by atoms with E-state index in [1.54, 1.807) is 5.56 Å². The Morgan fingerprint density at radius 3 is 1.79 bits per heavy atom. The van der Waals surface area contributed by atoms with Crippen molar-refractivity contribution in [2.75, 3.05) is 9.80 Å². The maximum Gasteiger partial charge on any atom is 0.127 e. The predicted molar refractivity (Wildman–Crippen MR) is 258 cm³/mol. The number of fused-ring (bicyclic) bond motifs is 5. The number of anilines is 6. The van der Waals surface area contributed by atoms with Crippen molar-refractivity contribution in [3.8, 4) is 16.8 Å². The van der Waals surface area contributed by atoms with Crippen LogP contribution in [-0.2, 0) is 11.8 Å². The van der Waals surface area contributed by atoms with Gasteiger partial charge in [-0.05, 0) is 168 Å². The van der Waals surface area contributed by atoms with E-state index in [4.69, 9.17) is 0 Å². The minimum absolute atomic E-state index is 0.376. The van der Waals surface area contributed by atoms with Gasteiger partial charge in [-0.3, -0.25) is 9.47 Å². The lowest BCUT2D eigenvalue weighted by Crippen LogP contribution is -2.48. The Kier molecular flexibility index (Phi) is 8.16. The molecule has 2 heterocycles. The Labute approximate surface area is 364 Å². The number of aromatic nitrogens is 1. The highest BCUT2D eigenvalue weighted by Crippen LogP contribution is 2.61. The van der Waals surface area contributed by atoms with E-state index in [1.165, 1.54) is 105 Å². The molecule has 0 radical (unpaired) electrons. The van der Waals surface area contributed by atoms with Crippen molar-refractivity contribution < 1.29 is 0 Å². The van der Waals surface area contributed by atoms with Gasteiger partial charge in [0.05, 0.1) is 11.2 Å². The third-order valence-electron chi connectivity index (χ3n) is 15.1. The van der Waals surface area contributed by atoms with Crippen molar-refractivity contribution in [3.05, 3.63) is 211 Å². The van der Waals surface area contributed by atoms with Crippen molar-refractivity contribution in [2.45, 2.75) is 50.4 Å². The molecule has 5 aliphatic rings. The summed E-state index contributed by atoms with van der Waals surface area (Å²) in [5.74, 6) is 4.01. The van der Waals surface area contributed by atoms with E-state index in [0.29, 0.717) is 5.41 Å². The van der Waals surface area contributed by atoms with Crippen molar-refractivity contribution in [1.82, 2.24) is 4.57 Å². The van der Waals surface area contributed by atoms with Crippen LogP contribution in [0.1, 0.15) is 55.2 Å². The van der Waals surface area contributed by atoms with E-state index in [9.17, 15) is 0 Å². The molecule has 62 heavy (non-hydrogen) atoms. The van der Waals surface area contributed by atoms with E-state index < -0.39 is 0 Å². The van der Waals surface area contributed by atoms with E-state index in [2.05, 4.69) is 208 Å². The summed E-state index contributed by atoms with van der Waals surface area (Å²) in [4.78, 5) is 4.96. The van der Waals surface area contributed by atoms with Gasteiger partial charge in [-0.25, -0.2) is 0 Å². The molecule has 1 aromatic heterocycles. The SMILES string of the molecule is c1ccc(-c2ccc(N(c3ccc(C45CC6CC(CC(C6)C4)C5)cc3)c3ccc4cc(N5c6ccccc6Cc6c5n(-c5ccccc5)c5ccccc65)ccc4c3)cc2)cc1. The monoisotopic (exact) mass is 799 g/mol. The normalized spacial score (nSPS) is 21.0. The zero-order valence-corrected chi connectivity index (χ0v) is 35.0. The Balaban J connectivity index is 0.916. The van der Waals surface area contributed by atoms with Gasteiger partial charge in [0.15, 0.2) is 0 Å². The summed E-state index contributed by atoms with van der Waals surface area (Å²) in [6, 6.07) is 72.4. The first kappa shape index (κ1) is 35.9. The number of benzene rings is 8. The van der Waals surface area contributed by atoms with Crippen LogP contribution in [-0.4, -0.2) is 4.57 Å². The summed E-state index contributed by atoms with van der Waals surface area (Å²) in [5.41, 5.74) is 15.4. The first-order chi connectivity index (χ1) is 30.6. The minimum Gasteiger partial charge on any atom is -0.310 e. The molecule has 4 saturated carbocycles. The molecule has 1 aliphatic heterocycles. The molecule has 4 aliphatic carbocycles. The first-order valence-electron chi connectivity index (χ1n) is 22.8. The molecule has 4 bridgehead atoms. The van der Waals surface area contributed by atoms with Crippen LogP contribution in [0.25, 0.3) is 38.5 Å². The van der Waals surface area contributed by atoms with Crippen molar-refractivity contribution in [1.29, 1.82) is 0 Å². The Morgan fingerprint density at radius 2 is 1.05 bits per heavy atom. The van der Waals surface area contributed by atoms with Crippen LogP contribution >= 0.6 is 0 Å². The summed E-state index contributed by atoms with van der Waals surface area (Å²) in [5, 5.41) is 3.74. The van der Waals surface area contributed by atoms with Gasteiger partial charge in [-0.1, -0.05) is 121 Å². The summed E-state index contributed by atoms with van der Waals surface area (Å²) in [6.07, 6.45) is 9.46. The minimum atomic E-state index is 0.376. The third kappa shape index (κ3) is 5.78. The second-order valence-corrected chi connectivity index (χ2v) is 18.8. The zero-order chi connectivity index (χ0) is 40.8. The number of rotatable bonds is 7. The largest absolute Gasteiger partial charge is 0.310 e. The van der Waals surface area contributed by atoms with Crippen LogP contribution < -0.4 is 9.80 Å². The Bertz CT molecular complexity index is 3090. The molecule has 3 nitrogen and oxygen atoms in total. The summed E-state index contributed by atoms with van der Waals surface area (Å²) < 4.78 is 2.46. The predicted octanol–water partition coefficient (Wildman–Crippen LogP) is 15.8. The lowest BCUT2D eigenvalue weighted by Gasteiger charge is -2.57. The standard InChI is InChI=1S/C59H49N3/c1-3-11-43(12-4-1)44-19-25-50(26-20-44)60(51-29-23-48(24-30-51)59-37-40-31-41(38-59)33-42(32-40)39-59)52-27-21-46-35-53(28-22-45(46)34-52)62-56-17-9-7-13-47(56)36-55-54-16-8-10-18-57(54)61(58(55)62)49-14-5-2-6-15-49/h1-30,34-35,40-42H,31-33,36-39H2. The Hall–Kier alpha value is -6.84. The molecule has 0 amide bonds. The molecule has 0 spiro atoms. The van der Waals surface area contributed by atoms with E-state index in [0.717, 1.165) is 41.2 Å². The second kappa shape index (κ2) is 14.1. The molecule has 4 fully saturated rings. The lowest BCUT2D eigenvalue weighted by molar-refractivity contribution is -0.00518. The van der Waals surface area contributed by atoms with Gasteiger partial charge in [0.2, 0.25) is 0 Å². The van der Waals surface area contributed by atoms with Crippen LogP contribution in [0.15, 0.2) is 194 Å². The maximum atomic E-state index is 2.50. The van der Waals surface area contributed by atoms with Gasteiger partial charge >= 0.3 is 0 Å². The first-order valence-corrected chi connectivity index (χ1v) is 22.8. The summed E-state index contributed by atoms with van der Waals surface area (Å²) in [7, 11) is 0. The van der Waals surface area contributed by atoms with E-state index >= 15 is 0 Å². The van der Waals surface area contributed by atoms with Crippen LogP contribution in [0.3, 0.4) is 0 Å². The average molecular weight is 800 g/mol. The molecular weight excluding hydrogens is 751 g/mol. The van der Waals surface area contributed by atoms with Gasteiger partial charge in [0.25, 0.3) is 0 Å². The van der Waals surface area contributed by atoms with E-state index in [1.807, 2.05) is 0 Å². The number of para-hydroxylation sites is 3. The number of nitrogens with zero attached hydrogens (tertiary/aromatic N) is 3. The van der Waals surface area contributed by atoms with Crippen molar-refractivity contribution in [2.24, 2.45) is 17.8 Å². The fourth-order valence-corrected chi connectivity index (χ4v) is 12.8. The molecule has 9 aromatic rings. The molecule has 0 N–H and O–H groups in total. The molecular formula is C59H49N3. The molecule has 8 aromatic carbocycles. The smallest absolute Gasteiger partial charge is 0.127 e. The topological polar surface area (TPSA) is 11.4 Å². The van der Waals surface area contributed by atoms with Gasteiger partial charge < -0.3 is 4.90 Å². The third-order valence-corrected chi connectivity index (χ3v) is 15.1. The highest BCUT2D eigenvalue weighted by molar-refractivity contribution is 6.00. The van der Waals surface area contributed by atoms with Crippen molar-refractivity contribution >= 4 is 55.9 Å². The average Bonchev–Trinajstić information content (AvgIpc) is 3.65. The molecule has 3 heteroatoms. The molecule has 14 rings (SSSR count). The Morgan fingerprint density at radius 1 is 0.468 bits per heavy atom.